The van der Waals surface area contributed by atoms with E-state index in [0.29, 0.717) is 33.9 Å². The number of benzene rings is 6. The number of allylic oxidation sites excluding steroid dienone is 3. The lowest BCUT2D eigenvalue weighted by molar-refractivity contribution is -0.122. The number of aromatic hydroxyl groups is 4. The Morgan fingerprint density at radius 2 is 0.875 bits per heavy atom. The molecule has 1 unspecified atom stereocenters. The summed E-state index contributed by atoms with van der Waals surface area (Å²) in [4.78, 5) is 50.2. The van der Waals surface area contributed by atoms with Crippen molar-refractivity contribution in [2.24, 2.45) is 5.92 Å². The molecule has 2 aliphatic heterocycles. The molecule has 10 nitrogen and oxygen atoms in total. The fraction of sp³-hybridized carbons (Fsp3) is 0.0435. The molecule has 1 fully saturated rings. The van der Waals surface area contributed by atoms with E-state index in [1.54, 1.807) is 158 Å². The van der Waals surface area contributed by atoms with E-state index in [9.17, 15) is 29.4 Å². The maximum atomic E-state index is 13.8. The second kappa shape index (κ2) is 17.0. The maximum absolute atomic E-state index is 13.8. The van der Waals surface area contributed by atoms with Crippen molar-refractivity contribution in [1.82, 2.24) is 5.32 Å². The van der Waals surface area contributed by atoms with E-state index >= 15 is 0 Å². The molecule has 5 N–H and O–H groups in total. The van der Waals surface area contributed by atoms with Crippen LogP contribution in [-0.4, -0.2) is 44.1 Å². The number of amides is 4. The molecule has 56 heavy (non-hydrogen) atoms. The van der Waals surface area contributed by atoms with E-state index in [-0.39, 0.29) is 35.1 Å². The molecule has 0 bridgehead atoms. The molecule has 1 saturated heterocycles. The molecular weight excluding hydrogens is 709 g/mol. The van der Waals surface area contributed by atoms with E-state index in [4.69, 9.17) is 10.2 Å². The van der Waals surface area contributed by atoms with Crippen LogP contribution in [0.4, 0.5) is 5.69 Å². The summed E-state index contributed by atoms with van der Waals surface area (Å²) < 4.78 is 0. The average Bonchev–Trinajstić information content (AvgIpc) is 3.66. The zero-order chi connectivity index (χ0) is 39.7. The van der Waals surface area contributed by atoms with Crippen LogP contribution < -0.4 is 10.2 Å². The number of hydrogen-bond donors (Lipinski definition) is 5. The van der Waals surface area contributed by atoms with Gasteiger partial charge in [0.15, 0.2) is 0 Å². The molecule has 1 atom stereocenters. The van der Waals surface area contributed by atoms with E-state index in [1.165, 1.54) is 4.90 Å². The van der Waals surface area contributed by atoms with Crippen molar-refractivity contribution in [1.29, 1.82) is 0 Å². The Morgan fingerprint density at radius 3 is 1.29 bits per heavy atom. The minimum absolute atomic E-state index is 0.111. The first-order valence-electron chi connectivity index (χ1n) is 17.4. The van der Waals surface area contributed by atoms with Crippen LogP contribution in [0.5, 0.6) is 23.0 Å². The molecule has 0 spiro atoms. The Morgan fingerprint density at radius 1 is 0.482 bits per heavy atom. The van der Waals surface area contributed by atoms with Gasteiger partial charge in [-0.25, -0.2) is 4.90 Å². The monoisotopic (exact) mass is 744 g/mol. The van der Waals surface area contributed by atoms with Gasteiger partial charge in [-0.1, -0.05) is 109 Å². The number of rotatable bonds is 3. The molecule has 4 amide bonds. The number of hydrogen-bond acceptors (Lipinski definition) is 8. The first-order chi connectivity index (χ1) is 27.1. The van der Waals surface area contributed by atoms with Crippen LogP contribution in [0.2, 0.25) is 0 Å². The van der Waals surface area contributed by atoms with E-state index in [0.717, 1.165) is 11.1 Å². The van der Waals surface area contributed by atoms with Crippen molar-refractivity contribution in [3.63, 3.8) is 0 Å². The molecule has 278 valence electrons. The number of fused-ring (bicyclic) bond motifs is 2. The van der Waals surface area contributed by atoms with Gasteiger partial charge in [0, 0.05) is 5.57 Å². The lowest BCUT2D eigenvalue weighted by Gasteiger charge is -2.38. The molecule has 0 saturated carbocycles. The average molecular weight is 745 g/mol. The van der Waals surface area contributed by atoms with Gasteiger partial charge in [0.05, 0.1) is 28.1 Å². The predicted octanol–water partition coefficient (Wildman–Crippen LogP) is 7.42. The minimum Gasteiger partial charge on any atom is -0.508 e. The van der Waals surface area contributed by atoms with E-state index in [2.05, 4.69) is 5.32 Å². The number of phenols is 4. The van der Waals surface area contributed by atoms with Crippen LogP contribution in [0.3, 0.4) is 0 Å². The highest BCUT2D eigenvalue weighted by Crippen LogP contribution is 2.51. The van der Waals surface area contributed by atoms with Gasteiger partial charge in [0.2, 0.25) is 5.91 Å². The molecule has 10 heteroatoms. The van der Waals surface area contributed by atoms with Crippen molar-refractivity contribution in [3.8, 4) is 23.0 Å². The number of anilines is 1. The summed E-state index contributed by atoms with van der Waals surface area (Å²) in [6.45, 7) is 0. The third-order valence-corrected chi connectivity index (χ3v) is 9.18. The molecule has 6 aromatic carbocycles. The van der Waals surface area contributed by atoms with Gasteiger partial charge in [0.25, 0.3) is 17.7 Å². The van der Waals surface area contributed by atoms with Crippen LogP contribution in [0.1, 0.15) is 31.8 Å². The SMILES string of the molecule is O=C1C2=CC=CC(c3ccc(O)cc3)(c3ccc(O)cc3)C2C(=O)N1c1ccccc1.O=C1NC(=O)c2ccccc21.Oc1ccccc1.Oc1ccccc1. The number of phenolic OH excluding ortho intramolecular Hbond substituents is 4. The van der Waals surface area contributed by atoms with Gasteiger partial charge in [-0.15, -0.1) is 0 Å². The van der Waals surface area contributed by atoms with Crippen molar-refractivity contribution in [2.45, 2.75) is 5.41 Å². The fourth-order valence-electron chi connectivity index (χ4n) is 6.58. The van der Waals surface area contributed by atoms with Crippen LogP contribution in [-0.2, 0) is 15.0 Å². The van der Waals surface area contributed by atoms with Gasteiger partial charge in [0.1, 0.15) is 23.0 Å². The van der Waals surface area contributed by atoms with Gasteiger partial charge < -0.3 is 20.4 Å². The van der Waals surface area contributed by atoms with Crippen LogP contribution >= 0.6 is 0 Å². The Kier molecular flexibility index (Phi) is 11.5. The third kappa shape index (κ3) is 8.09. The quantitative estimate of drug-likeness (QED) is 0.117. The topological polar surface area (TPSA) is 164 Å². The molecule has 3 aliphatic rings. The summed E-state index contributed by atoms with van der Waals surface area (Å²) in [5, 5.41) is 39.1. The lowest BCUT2D eigenvalue weighted by atomic mass is 9.62. The Balaban J connectivity index is 0.000000170. The second-order valence-electron chi connectivity index (χ2n) is 12.7. The first-order valence-corrected chi connectivity index (χ1v) is 17.4. The van der Waals surface area contributed by atoms with Gasteiger partial charge in [-0.3, -0.25) is 24.5 Å². The highest BCUT2D eigenvalue weighted by atomic mass is 16.3. The molecular formula is C46H36N2O8. The minimum atomic E-state index is -0.970. The standard InChI is InChI=1S/C26H19NO4.C8H5NO2.2C6H6O/c28-20-12-8-17(9-13-20)26(18-10-14-21(29)15-11-18)16-4-7-22-23(26)25(31)27(24(22)30)19-5-2-1-3-6-19;10-7-5-3-1-2-4-6(5)8(11)9-7;2*7-6-4-2-1-3-5-6/h1-16,23,28-29H;1-4H,(H,9,10,11);2*1-5,7H. The van der Waals surface area contributed by atoms with Gasteiger partial charge in [-0.05, 0) is 83.9 Å². The van der Waals surface area contributed by atoms with Crippen LogP contribution in [0.25, 0.3) is 0 Å². The van der Waals surface area contributed by atoms with Crippen molar-refractivity contribution in [2.75, 3.05) is 4.90 Å². The highest BCUT2D eigenvalue weighted by molar-refractivity contribution is 6.30. The third-order valence-electron chi connectivity index (χ3n) is 9.18. The number of nitrogens with one attached hydrogen (secondary N) is 1. The fourth-order valence-corrected chi connectivity index (χ4v) is 6.58. The Bertz CT molecular complexity index is 2280. The lowest BCUT2D eigenvalue weighted by Crippen LogP contribution is -2.41. The maximum Gasteiger partial charge on any atom is 0.261 e. The zero-order valence-electron chi connectivity index (χ0n) is 29.8. The summed E-state index contributed by atoms with van der Waals surface area (Å²) in [5.41, 5.74) is 2.44. The number of carbonyl (C=O) groups is 4. The van der Waals surface area contributed by atoms with E-state index in [1.807, 2.05) is 24.3 Å². The second-order valence-corrected chi connectivity index (χ2v) is 12.7. The Hall–Kier alpha value is -7.72. The normalized spacial score (nSPS) is 15.7. The van der Waals surface area contributed by atoms with Gasteiger partial charge >= 0.3 is 0 Å². The summed E-state index contributed by atoms with van der Waals surface area (Å²) >= 11 is 0. The van der Waals surface area contributed by atoms with Crippen LogP contribution in [0.15, 0.2) is 188 Å². The smallest absolute Gasteiger partial charge is 0.261 e. The van der Waals surface area contributed by atoms with Crippen molar-refractivity contribution >= 4 is 29.3 Å². The van der Waals surface area contributed by atoms with Crippen molar-refractivity contribution in [3.05, 3.63) is 210 Å². The molecule has 2 heterocycles. The molecule has 0 radical (unpaired) electrons. The highest BCUT2D eigenvalue weighted by Gasteiger charge is 2.56. The summed E-state index contributed by atoms with van der Waals surface area (Å²) in [6.07, 6.45) is 5.41. The number of nitrogens with zero attached hydrogens (tertiary/aromatic N) is 1. The van der Waals surface area contributed by atoms with Gasteiger partial charge in [-0.2, -0.15) is 0 Å². The summed E-state index contributed by atoms with van der Waals surface area (Å²) in [5.74, 6) is -1.17. The summed E-state index contributed by atoms with van der Waals surface area (Å²) in [7, 11) is 0. The molecule has 6 aromatic rings. The first kappa shape index (κ1) is 38.0. The zero-order valence-corrected chi connectivity index (χ0v) is 29.8. The largest absolute Gasteiger partial charge is 0.508 e. The molecule has 9 rings (SSSR count). The van der Waals surface area contributed by atoms with Crippen molar-refractivity contribution < 1.29 is 39.6 Å². The van der Waals surface area contributed by atoms with E-state index < -0.39 is 11.3 Å². The molecule has 1 aliphatic carbocycles. The van der Waals surface area contributed by atoms with Crippen LogP contribution in [0, 0.1) is 5.92 Å². The predicted molar refractivity (Wildman–Crippen MR) is 211 cm³/mol. The number of imide groups is 2. The number of para-hydroxylation sites is 3. The number of carbonyl (C=O) groups excluding carboxylic acids is 4. The Labute approximate surface area is 322 Å². The summed E-state index contributed by atoms with van der Waals surface area (Å²) in [6, 6.07) is 46.4. The molecule has 0 aromatic heterocycles.